The molecule has 2 aromatic rings. The van der Waals surface area contributed by atoms with E-state index in [2.05, 4.69) is 0 Å². The number of aliphatic hydroxyl groups excluding tert-OH is 1. The molecule has 1 atom stereocenters. The Balaban J connectivity index is 2.18. The highest BCUT2D eigenvalue weighted by atomic mass is 16.3. The number of nitrogens with zero attached hydrogens (tertiary/aromatic N) is 1. The molecular formula is C21H23NO4. The molecule has 2 heterocycles. The summed E-state index contributed by atoms with van der Waals surface area (Å²) in [5.41, 5.74) is 2.06. The molecule has 5 nitrogen and oxygen atoms in total. The minimum absolute atomic E-state index is 0.0793. The lowest BCUT2D eigenvalue weighted by Crippen LogP contribution is -2.32. The number of furan rings is 1. The zero-order chi connectivity index (χ0) is 19.2. The number of ketones is 1. The standard InChI is InChI=1S/C21H23NO4/c1-12-8-9-14(11-13(12)2)22-17(15-7-6-10-26-15)16(18(23)20(22)25)19(24)21(3,4)5/h6-11,17,23H,1-5H3. The summed E-state index contributed by atoms with van der Waals surface area (Å²) in [5.74, 6) is -0.948. The molecule has 1 aliphatic heterocycles. The third kappa shape index (κ3) is 2.83. The molecule has 1 aromatic heterocycles. The Bertz CT molecular complexity index is 901. The zero-order valence-corrected chi connectivity index (χ0v) is 15.7. The van der Waals surface area contributed by atoms with Crippen molar-refractivity contribution in [1.82, 2.24) is 0 Å². The van der Waals surface area contributed by atoms with E-state index in [0.717, 1.165) is 11.1 Å². The first kappa shape index (κ1) is 18.0. The second-order valence-electron chi connectivity index (χ2n) is 7.70. The summed E-state index contributed by atoms with van der Waals surface area (Å²) in [5, 5.41) is 10.5. The molecule has 0 radical (unpaired) electrons. The third-order valence-corrected chi connectivity index (χ3v) is 4.72. The molecule has 1 N–H and O–H groups in total. The van der Waals surface area contributed by atoms with Crippen molar-refractivity contribution in [2.24, 2.45) is 5.41 Å². The molecular weight excluding hydrogens is 330 g/mol. The lowest BCUT2D eigenvalue weighted by molar-refractivity contribution is -0.123. The van der Waals surface area contributed by atoms with Crippen molar-refractivity contribution < 1.29 is 19.1 Å². The molecule has 1 amide bonds. The Labute approximate surface area is 152 Å². The van der Waals surface area contributed by atoms with Gasteiger partial charge >= 0.3 is 0 Å². The van der Waals surface area contributed by atoms with Gasteiger partial charge in [-0.25, -0.2) is 0 Å². The smallest absolute Gasteiger partial charge is 0.294 e. The lowest BCUT2D eigenvalue weighted by Gasteiger charge is -2.27. The number of hydrogen-bond acceptors (Lipinski definition) is 4. The van der Waals surface area contributed by atoms with Crippen LogP contribution < -0.4 is 4.90 Å². The summed E-state index contributed by atoms with van der Waals surface area (Å²) in [7, 11) is 0. The van der Waals surface area contributed by atoms with Gasteiger partial charge in [0.05, 0.1) is 11.8 Å². The topological polar surface area (TPSA) is 70.8 Å². The van der Waals surface area contributed by atoms with Crippen LogP contribution in [-0.4, -0.2) is 16.8 Å². The van der Waals surface area contributed by atoms with Crippen molar-refractivity contribution in [3.8, 4) is 0 Å². The van der Waals surface area contributed by atoms with E-state index in [9.17, 15) is 14.7 Å². The second kappa shape index (κ2) is 6.16. The molecule has 3 rings (SSSR count). The quantitative estimate of drug-likeness (QED) is 0.887. The molecule has 0 aliphatic carbocycles. The van der Waals surface area contributed by atoms with Gasteiger partial charge in [-0.3, -0.25) is 14.5 Å². The van der Waals surface area contributed by atoms with Gasteiger partial charge in [0.15, 0.2) is 11.5 Å². The maximum absolute atomic E-state index is 13.0. The number of amides is 1. The van der Waals surface area contributed by atoms with Crippen LogP contribution in [0.25, 0.3) is 0 Å². The SMILES string of the molecule is Cc1ccc(N2C(=O)C(O)=C(C(=O)C(C)(C)C)C2c2ccco2)cc1C. The summed E-state index contributed by atoms with van der Waals surface area (Å²) in [6.45, 7) is 9.23. The monoisotopic (exact) mass is 353 g/mol. The molecule has 26 heavy (non-hydrogen) atoms. The van der Waals surface area contributed by atoms with Crippen LogP contribution in [0.5, 0.6) is 0 Å². The van der Waals surface area contributed by atoms with Gasteiger partial charge in [-0.1, -0.05) is 26.8 Å². The Hall–Kier alpha value is -2.82. The summed E-state index contributed by atoms with van der Waals surface area (Å²) in [6.07, 6.45) is 1.49. The third-order valence-electron chi connectivity index (χ3n) is 4.72. The van der Waals surface area contributed by atoms with Crippen LogP contribution in [0, 0.1) is 19.3 Å². The predicted octanol–water partition coefficient (Wildman–Crippen LogP) is 4.41. The van der Waals surface area contributed by atoms with E-state index in [0.29, 0.717) is 11.4 Å². The number of benzene rings is 1. The first-order chi connectivity index (χ1) is 12.1. The number of anilines is 1. The van der Waals surface area contributed by atoms with Crippen LogP contribution in [0.3, 0.4) is 0 Å². The second-order valence-corrected chi connectivity index (χ2v) is 7.70. The Morgan fingerprint density at radius 3 is 2.38 bits per heavy atom. The van der Waals surface area contributed by atoms with Gasteiger partial charge in [-0.05, 0) is 49.2 Å². The highest BCUT2D eigenvalue weighted by Gasteiger charge is 2.47. The largest absolute Gasteiger partial charge is 0.503 e. The highest BCUT2D eigenvalue weighted by molar-refractivity contribution is 6.17. The molecule has 0 bridgehead atoms. The van der Waals surface area contributed by atoms with Gasteiger partial charge in [0.2, 0.25) is 0 Å². The highest BCUT2D eigenvalue weighted by Crippen LogP contribution is 2.43. The molecule has 0 spiro atoms. The fourth-order valence-corrected chi connectivity index (χ4v) is 3.10. The van der Waals surface area contributed by atoms with Crippen LogP contribution in [0.4, 0.5) is 5.69 Å². The number of aryl methyl sites for hydroxylation is 2. The fourth-order valence-electron chi connectivity index (χ4n) is 3.10. The summed E-state index contributed by atoms with van der Waals surface area (Å²) >= 11 is 0. The van der Waals surface area contributed by atoms with Crippen LogP contribution in [-0.2, 0) is 9.59 Å². The number of hydrogen-bond donors (Lipinski definition) is 1. The van der Waals surface area contributed by atoms with Gasteiger partial charge in [0.1, 0.15) is 11.8 Å². The zero-order valence-electron chi connectivity index (χ0n) is 15.7. The van der Waals surface area contributed by atoms with Crippen LogP contribution in [0.2, 0.25) is 0 Å². The van der Waals surface area contributed by atoms with E-state index in [1.165, 1.54) is 11.2 Å². The van der Waals surface area contributed by atoms with Crippen molar-refractivity contribution in [2.45, 2.75) is 40.7 Å². The van der Waals surface area contributed by atoms with E-state index in [4.69, 9.17) is 4.42 Å². The molecule has 5 heteroatoms. The average molecular weight is 353 g/mol. The summed E-state index contributed by atoms with van der Waals surface area (Å²) in [4.78, 5) is 27.3. The first-order valence-corrected chi connectivity index (χ1v) is 8.55. The van der Waals surface area contributed by atoms with Crippen LogP contribution >= 0.6 is 0 Å². The predicted molar refractivity (Wildman–Crippen MR) is 99.0 cm³/mol. The van der Waals surface area contributed by atoms with Crippen molar-refractivity contribution in [3.05, 3.63) is 64.8 Å². The molecule has 1 aliphatic rings. The van der Waals surface area contributed by atoms with E-state index in [1.807, 2.05) is 32.0 Å². The fraction of sp³-hybridized carbons (Fsp3) is 0.333. The molecule has 136 valence electrons. The Morgan fingerprint density at radius 1 is 1.15 bits per heavy atom. The van der Waals surface area contributed by atoms with E-state index in [-0.39, 0.29) is 11.4 Å². The number of aliphatic hydroxyl groups is 1. The number of rotatable bonds is 3. The maximum Gasteiger partial charge on any atom is 0.294 e. The Kier molecular flexibility index (Phi) is 4.26. The molecule has 1 aromatic carbocycles. The molecule has 0 saturated carbocycles. The Morgan fingerprint density at radius 2 is 1.85 bits per heavy atom. The van der Waals surface area contributed by atoms with E-state index >= 15 is 0 Å². The lowest BCUT2D eigenvalue weighted by atomic mass is 9.83. The van der Waals surface area contributed by atoms with Crippen LogP contribution in [0.1, 0.15) is 43.7 Å². The van der Waals surface area contributed by atoms with E-state index in [1.54, 1.807) is 32.9 Å². The van der Waals surface area contributed by atoms with Gasteiger partial charge in [0.25, 0.3) is 5.91 Å². The number of carbonyl (C=O) groups excluding carboxylic acids is 2. The van der Waals surface area contributed by atoms with Gasteiger partial charge in [-0.2, -0.15) is 0 Å². The minimum atomic E-state index is -0.786. The number of carbonyl (C=O) groups is 2. The van der Waals surface area contributed by atoms with Crippen molar-refractivity contribution >= 4 is 17.4 Å². The van der Waals surface area contributed by atoms with Crippen molar-refractivity contribution in [1.29, 1.82) is 0 Å². The van der Waals surface area contributed by atoms with Gasteiger partial charge in [-0.15, -0.1) is 0 Å². The van der Waals surface area contributed by atoms with Gasteiger partial charge < -0.3 is 9.52 Å². The van der Waals surface area contributed by atoms with Crippen molar-refractivity contribution in [2.75, 3.05) is 4.90 Å². The number of Topliss-reactive ketones (excluding diaryl/α,β-unsaturated/α-hetero) is 1. The molecule has 0 saturated heterocycles. The first-order valence-electron chi connectivity index (χ1n) is 8.55. The van der Waals surface area contributed by atoms with Gasteiger partial charge in [0, 0.05) is 11.1 Å². The molecule has 1 unspecified atom stereocenters. The average Bonchev–Trinajstić information content (AvgIpc) is 3.17. The van der Waals surface area contributed by atoms with Crippen LogP contribution in [0.15, 0.2) is 52.3 Å². The van der Waals surface area contributed by atoms with Crippen molar-refractivity contribution in [3.63, 3.8) is 0 Å². The van der Waals surface area contributed by atoms with E-state index < -0.39 is 23.1 Å². The summed E-state index contributed by atoms with van der Waals surface area (Å²) in [6, 6.07) is 8.23. The normalized spacial score (nSPS) is 18.0. The maximum atomic E-state index is 13.0. The molecule has 0 fully saturated rings. The minimum Gasteiger partial charge on any atom is -0.503 e. The summed E-state index contributed by atoms with van der Waals surface area (Å²) < 4.78 is 5.52.